The second-order valence-corrected chi connectivity index (χ2v) is 5.93. The number of hydrogen-bond acceptors (Lipinski definition) is 5. The Morgan fingerprint density at radius 1 is 1.14 bits per heavy atom. The Balaban J connectivity index is 2.35. The third kappa shape index (κ3) is 3.38. The van der Waals surface area contributed by atoms with E-state index in [0.29, 0.717) is 0 Å². The molecule has 0 amide bonds. The van der Waals surface area contributed by atoms with Crippen LogP contribution in [0.3, 0.4) is 0 Å². The van der Waals surface area contributed by atoms with E-state index < -0.39 is 20.9 Å². The Bertz CT molecular complexity index is 847. The van der Waals surface area contributed by atoms with E-state index in [1.807, 2.05) is 0 Å². The van der Waals surface area contributed by atoms with E-state index in [0.717, 1.165) is 12.1 Å². The molecule has 2 N–H and O–H groups in total. The monoisotopic (exact) mass is 322 g/mol. The molecule has 0 radical (unpaired) electrons. The van der Waals surface area contributed by atoms with Crippen molar-refractivity contribution in [1.82, 2.24) is 0 Å². The van der Waals surface area contributed by atoms with Gasteiger partial charge in [-0.3, -0.25) is 14.8 Å². The average molecular weight is 322 g/mol. The summed E-state index contributed by atoms with van der Waals surface area (Å²) < 4.78 is 26.5. The van der Waals surface area contributed by atoms with Crippen LogP contribution >= 0.6 is 0 Å². The van der Waals surface area contributed by atoms with Crippen molar-refractivity contribution in [2.45, 2.75) is 4.90 Å². The second-order valence-electron chi connectivity index (χ2n) is 4.25. The smallest absolute Gasteiger partial charge is 0.335 e. The fraction of sp³-hybridized carbons (Fsp3) is 0. The number of carboxylic acids is 1. The highest BCUT2D eigenvalue weighted by atomic mass is 32.2. The van der Waals surface area contributed by atoms with Crippen LogP contribution in [0.1, 0.15) is 10.4 Å². The number of rotatable bonds is 5. The van der Waals surface area contributed by atoms with Gasteiger partial charge in [0.05, 0.1) is 15.4 Å². The maximum absolute atomic E-state index is 12.2. The van der Waals surface area contributed by atoms with E-state index in [9.17, 15) is 23.3 Å². The highest BCUT2D eigenvalue weighted by Gasteiger charge is 2.18. The molecule has 0 fully saturated rings. The van der Waals surface area contributed by atoms with Gasteiger partial charge in [-0.15, -0.1) is 0 Å². The summed E-state index contributed by atoms with van der Waals surface area (Å²) in [5.41, 5.74) is -0.396. The highest BCUT2D eigenvalue weighted by Crippen LogP contribution is 2.21. The average Bonchev–Trinajstić information content (AvgIpc) is 2.47. The van der Waals surface area contributed by atoms with Crippen LogP contribution in [0, 0.1) is 10.1 Å². The van der Waals surface area contributed by atoms with Gasteiger partial charge in [0.15, 0.2) is 0 Å². The van der Waals surface area contributed by atoms with Crippen LogP contribution in [0.4, 0.5) is 11.4 Å². The minimum Gasteiger partial charge on any atom is -0.478 e. The number of nitrogens with one attached hydrogen (secondary N) is 1. The first-order valence-corrected chi connectivity index (χ1v) is 7.38. The number of nitrogens with zero attached hydrogens (tertiary/aromatic N) is 1. The number of nitro groups is 1. The molecule has 2 aromatic rings. The molecule has 0 bridgehead atoms. The maximum Gasteiger partial charge on any atom is 0.335 e. The Morgan fingerprint density at radius 3 is 2.45 bits per heavy atom. The Morgan fingerprint density at radius 2 is 1.82 bits per heavy atom. The molecule has 0 spiro atoms. The van der Waals surface area contributed by atoms with Crippen LogP contribution in [-0.4, -0.2) is 24.4 Å². The summed E-state index contributed by atoms with van der Waals surface area (Å²) >= 11 is 0. The molecule has 114 valence electrons. The first kappa shape index (κ1) is 15.4. The van der Waals surface area contributed by atoms with Gasteiger partial charge in [-0.05, 0) is 24.3 Å². The first-order valence-electron chi connectivity index (χ1n) is 5.90. The molecule has 0 unspecified atom stereocenters. The second kappa shape index (κ2) is 5.82. The fourth-order valence-corrected chi connectivity index (χ4v) is 2.78. The zero-order chi connectivity index (χ0) is 16.3. The fourth-order valence-electron chi connectivity index (χ4n) is 1.69. The number of benzene rings is 2. The van der Waals surface area contributed by atoms with Crippen LogP contribution < -0.4 is 4.72 Å². The molecule has 0 aliphatic rings. The lowest BCUT2D eigenvalue weighted by Crippen LogP contribution is -2.13. The molecule has 2 aromatic carbocycles. The van der Waals surface area contributed by atoms with E-state index in [1.165, 1.54) is 36.4 Å². The van der Waals surface area contributed by atoms with Crippen molar-refractivity contribution in [1.29, 1.82) is 0 Å². The lowest BCUT2D eigenvalue weighted by Gasteiger charge is -2.08. The quantitative estimate of drug-likeness (QED) is 0.641. The molecular formula is C13H10N2O6S. The molecule has 9 heteroatoms. The minimum absolute atomic E-state index is 0.0476. The summed E-state index contributed by atoms with van der Waals surface area (Å²) in [5.74, 6) is -1.20. The molecule has 0 heterocycles. The molecule has 0 aliphatic carbocycles. The number of anilines is 1. The first-order chi connectivity index (χ1) is 10.3. The summed E-state index contributed by atoms with van der Waals surface area (Å²) in [6.07, 6.45) is 0. The standard InChI is InChI=1S/C13H10N2O6S/c16-13(17)9-3-1-4-10(7-9)14-22(20,21)12-6-2-5-11(8-12)15(18)19/h1-8,14H,(H,16,17). The summed E-state index contributed by atoms with van der Waals surface area (Å²) in [5, 5.41) is 19.6. The summed E-state index contributed by atoms with van der Waals surface area (Å²) in [6.45, 7) is 0. The molecule has 8 nitrogen and oxygen atoms in total. The van der Waals surface area contributed by atoms with Crippen molar-refractivity contribution in [3.8, 4) is 0 Å². The van der Waals surface area contributed by atoms with E-state index in [2.05, 4.69) is 4.72 Å². The number of hydrogen-bond donors (Lipinski definition) is 2. The van der Waals surface area contributed by atoms with E-state index >= 15 is 0 Å². The van der Waals surface area contributed by atoms with Crippen molar-refractivity contribution in [3.63, 3.8) is 0 Å². The molecule has 22 heavy (non-hydrogen) atoms. The van der Waals surface area contributed by atoms with Crippen LogP contribution in [0.2, 0.25) is 0 Å². The van der Waals surface area contributed by atoms with Gasteiger partial charge in [-0.25, -0.2) is 13.2 Å². The van der Waals surface area contributed by atoms with Gasteiger partial charge in [-0.2, -0.15) is 0 Å². The van der Waals surface area contributed by atoms with Gasteiger partial charge >= 0.3 is 5.97 Å². The Labute approximate surface area is 125 Å². The predicted molar refractivity (Wildman–Crippen MR) is 77.3 cm³/mol. The largest absolute Gasteiger partial charge is 0.478 e. The summed E-state index contributed by atoms with van der Waals surface area (Å²) in [4.78, 5) is 20.5. The third-order valence-corrected chi connectivity index (χ3v) is 4.08. The SMILES string of the molecule is O=C(O)c1cccc(NS(=O)(=O)c2cccc([N+](=O)[O-])c2)c1. The highest BCUT2D eigenvalue weighted by molar-refractivity contribution is 7.92. The van der Waals surface area contributed by atoms with Crippen molar-refractivity contribution in [2.24, 2.45) is 0 Å². The zero-order valence-corrected chi connectivity index (χ0v) is 11.8. The molecule has 0 aliphatic heterocycles. The number of carbonyl (C=O) groups is 1. The van der Waals surface area contributed by atoms with Gasteiger partial charge < -0.3 is 5.11 Å². The molecular weight excluding hydrogens is 312 g/mol. The van der Waals surface area contributed by atoms with Crippen molar-refractivity contribution in [2.75, 3.05) is 4.72 Å². The van der Waals surface area contributed by atoms with Crippen LogP contribution in [0.5, 0.6) is 0 Å². The van der Waals surface area contributed by atoms with Gasteiger partial charge in [0.2, 0.25) is 0 Å². The number of carboxylic acid groups (broad SMARTS) is 1. The van der Waals surface area contributed by atoms with Crippen molar-refractivity contribution < 1.29 is 23.2 Å². The van der Waals surface area contributed by atoms with Crippen LogP contribution in [0.15, 0.2) is 53.4 Å². The Kier molecular flexibility index (Phi) is 4.08. The number of sulfonamides is 1. The number of nitro benzene ring substituents is 1. The van der Waals surface area contributed by atoms with Gasteiger partial charge in [0.25, 0.3) is 15.7 Å². The van der Waals surface area contributed by atoms with Gasteiger partial charge in [-0.1, -0.05) is 12.1 Å². The van der Waals surface area contributed by atoms with E-state index in [-0.39, 0.29) is 21.8 Å². The normalized spacial score (nSPS) is 10.9. The predicted octanol–water partition coefficient (Wildman–Crippen LogP) is 2.09. The molecule has 0 saturated carbocycles. The summed E-state index contributed by atoms with van der Waals surface area (Å²) in [6, 6.07) is 9.77. The van der Waals surface area contributed by atoms with E-state index in [1.54, 1.807) is 0 Å². The molecule has 2 rings (SSSR count). The molecule has 0 atom stereocenters. The maximum atomic E-state index is 12.2. The zero-order valence-electron chi connectivity index (χ0n) is 11.0. The lowest BCUT2D eigenvalue weighted by molar-refractivity contribution is -0.385. The van der Waals surface area contributed by atoms with Crippen LogP contribution in [-0.2, 0) is 10.0 Å². The van der Waals surface area contributed by atoms with Crippen LogP contribution in [0.25, 0.3) is 0 Å². The van der Waals surface area contributed by atoms with Crippen molar-refractivity contribution in [3.05, 3.63) is 64.2 Å². The topological polar surface area (TPSA) is 127 Å². The lowest BCUT2D eigenvalue weighted by atomic mass is 10.2. The third-order valence-electron chi connectivity index (χ3n) is 2.70. The molecule has 0 aromatic heterocycles. The minimum atomic E-state index is -4.06. The summed E-state index contributed by atoms with van der Waals surface area (Å²) in [7, 11) is -4.06. The van der Waals surface area contributed by atoms with Crippen molar-refractivity contribution >= 4 is 27.4 Å². The Hall–Kier alpha value is -2.94. The van der Waals surface area contributed by atoms with Gasteiger partial charge in [0.1, 0.15) is 0 Å². The number of non-ortho nitro benzene ring substituents is 1. The molecule has 0 saturated heterocycles. The van der Waals surface area contributed by atoms with Gasteiger partial charge in [0, 0.05) is 17.8 Å². The number of aromatic carboxylic acids is 1. The van der Waals surface area contributed by atoms with E-state index in [4.69, 9.17) is 5.11 Å².